The number of likely N-dealkylation sites (tertiary alicyclic amines) is 1. The van der Waals surface area contributed by atoms with Crippen molar-refractivity contribution in [3.8, 4) is 6.07 Å². The van der Waals surface area contributed by atoms with Gasteiger partial charge in [-0.05, 0) is 56.9 Å². The SMILES string of the molecule is Cc1ccc(C[C@H](NC(=O)OCC23C4C(CN2C(=O)C(C#N)CC(C)(C)N2CCC(F)(F)C2)[C@H]43)B(O)O)cc1. The molecule has 6 rings (SSSR count). The van der Waals surface area contributed by atoms with Gasteiger partial charge in [0.15, 0.2) is 0 Å². The number of alkyl halides is 2. The van der Waals surface area contributed by atoms with Gasteiger partial charge in [0.2, 0.25) is 5.91 Å². The molecule has 4 unspecified atom stereocenters. The lowest BCUT2D eigenvalue weighted by molar-refractivity contribution is -0.137. The fraction of sp³-hybridized carbons (Fsp3) is 0.667. The zero-order valence-electron chi connectivity index (χ0n) is 22.4. The van der Waals surface area contributed by atoms with E-state index in [0.717, 1.165) is 11.1 Å². The summed E-state index contributed by atoms with van der Waals surface area (Å²) in [6.07, 6.45) is -0.731. The Bertz CT molecular complexity index is 1160. The number of ether oxygens (including phenoxy) is 1. The molecule has 3 aliphatic heterocycles. The van der Waals surface area contributed by atoms with Crippen LogP contribution in [0.1, 0.15) is 37.8 Å². The van der Waals surface area contributed by atoms with Crippen LogP contribution >= 0.6 is 0 Å². The van der Waals surface area contributed by atoms with Gasteiger partial charge in [-0.15, -0.1) is 0 Å². The molecule has 3 N–H and O–H groups in total. The second kappa shape index (κ2) is 9.71. The molecule has 2 saturated carbocycles. The highest BCUT2D eigenvalue weighted by atomic mass is 19.3. The summed E-state index contributed by atoms with van der Waals surface area (Å²) in [5.41, 5.74) is 0.485. The first-order valence-electron chi connectivity index (χ1n) is 13.5. The Labute approximate surface area is 227 Å². The lowest BCUT2D eigenvalue weighted by atomic mass is 9.76. The predicted octanol–water partition coefficient (Wildman–Crippen LogP) is 1.75. The second-order valence-corrected chi connectivity index (χ2v) is 12.3. The summed E-state index contributed by atoms with van der Waals surface area (Å²) in [6, 6.07) is 9.57. The fourth-order valence-corrected chi connectivity index (χ4v) is 6.86. The third-order valence-electron chi connectivity index (χ3n) is 9.23. The van der Waals surface area contributed by atoms with Crippen LogP contribution in [0.25, 0.3) is 0 Å². The van der Waals surface area contributed by atoms with E-state index < -0.39 is 42.1 Å². The van der Waals surface area contributed by atoms with Crippen molar-refractivity contribution in [2.24, 2.45) is 23.7 Å². The minimum Gasteiger partial charge on any atom is -0.447 e. The minimum absolute atomic E-state index is 0.0466. The van der Waals surface area contributed by atoms with Crippen molar-refractivity contribution < 1.29 is 33.2 Å². The number of hydrogen-bond acceptors (Lipinski definition) is 7. The zero-order valence-corrected chi connectivity index (χ0v) is 22.4. The molecule has 0 aromatic heterocycles. The van der Waals surface area contributed by atoms with Crippen molar-refractivity contribution in [3.05, 3.63) is 35.4 Å². The molecule has 12 heteroatoms. The average molecular weight is 544 g/mol. The Morgan fingerprint density at radius 1 is 1.28 bits per heavy atom. The number of rotatable bonds is 10. The number of hydrogen-bond donors (Lipinski definition) is 3. The minimum atomic E-state index is -2.77. The molecule has 2 amide bonds. The Morgan fingerprint density at radius 3 is 2.51 bits per heavy atom. The Morgan fingerprint density at radius 2 is 1.95 bits per heavy atom. The molecule has 39 heavy (non-hydrogen) atoms. The van der Waals surface area contributed by atoms with Gasteiger partial charge < -0.3 is 25.0 Å². The Kier molecular flexibility index (Phi) is 6.93. The number of nitriles is 1. The van der Waals surface area contributed by atoms with E-state index in [-0.39, 0.29) is 56.7 Å². The van der Waals surface area contributed by atoms with Crippen LogP contribution in [0.5, 0.6) is 0 Å². The van der Waals surface area contributed by atoms with Crippen molar-refractivity contribution in [2.45, 2.75) is 63.0 Å². The molecule has 0 radical (unpaired) electrons. The molecular weight excluding hydrogens is 509 g/mol. The monoisotopic (exact) mass is 544 g/mol. The third-order valence-corrected chi connectivity index (χ3v) is 9.23. The van der Waals surface area contributed by atoms with Crippen molar-refractivity contribution in [2.75, 3.05) is 26.2 Å². The lowest BCUT2D eigenvalue weighted by Crippen LogP contribution is -2.51. The van der Waals surface area contributed by atoms with E-state index >= 15 is 0 Å². The van der Waals surface area contributed by atoms with Gasteiger partial charge >= 0.3 is 13.2 Å². The number of nitrogens with one attached hydrogen (secondary N) is 1. The van der Waals surface area contributed by atoms with Crippen molar-refractivity contribution in [1.82, 2.24) is 15.1 Å². The maximum absolute atomic E-state index is 13.8. The van der Waals surface area contributed by atoms with Crippen molar-refractivity contribution in [1.29, 1.82) is 5.26 Å². The summed E-state index contributed by atoms with van der Waals surface area (Å²) >= 11 is 0. The molecule has 9 nitrogen and oxygen atoms in total. The normalized spacial score (nSPS) is 29.7. The Hall–Kier alpha value is -2.75. The highest BCUT2D eigenvalue weighted by Gasteiger charge is 2.92. The highest BCUT2D eigenvalue weighted by Crippen LogP contribution is 2.83. The molecule has 1 aromatic carbocycles. The van der Waals surface area contributed by atoms with Crippen LogP contribution in [0, 0.1) is 41.9 Å². The summed E-state index contributed by atoms with van der Waals surface area (Å²) in [4.78, 5) is 29.4. The van der Waals surface area contributed by atoms with Gasteiger partial charge in [-0.1, -0.05) is 29.8 Å². The molecule has 3 heterocycles. The van der Waals surface area contributed by atoms with E-state index in [2.05, 4.69) is 11.4 Å². The molecule has 1 aromatic rings. The van der Waals surface area contributed by atoms with E-state index in [1.807, 2.05) is 31.2 Å². The largest absolute Gasteiger partial charge is 0.475 e. The van der Waals surface area contributed by atoms with E-state index in [1.54, 1.807) is 23.6 Å². The molecule has 2 aliphatic carbocycles. The van der Waals surface area contributed by atoms with Gasteiger partial charge in [0.1, 0.15) is 12.5 Å². The number of carbonyl (C=O) groups excluding carboxylic acids is 2. The van der Waals surface area contributed by atoms with Gasteiger partial charge in [-0.2, -0.15) is 5.26 Å². The maximum Gasteiger partial charge on any atom is 0.475 e. The quantitative estimate of drug-likeness (QED) is 0.384. The smallest absolute Gasteiger partial charge is 0.447 e. The molecule has 5 aliphatic rings. The number of nitrogens with zero attached hydrogens (tertiary/aromatic N) is 3. The Balaban J connectivity index is 1.18. The number of benzene rings is 1. The summed E-state index contributed by atoms with van der Waals surface area (Å²) in [5, 5.41) is 31.9. The molecule has 5 fully saturated rings. The fourth-order valence-electron chi connectivity index (χ4n) is 6.86. The van der Waals surface area contributed by atoms with Gasteiger partial charge in [0, 0.05) is 25.0 Å². The predicted molar refractivity (Wildman–Crippen MR) is 137 cm³/mol. The number of piperidine rings is 1. The molecule has 6 atom stereocenters. The number of alkyl carbamates (subject to hydrolysis) is 1. The third kappa shape index (κ3) is 5.12. The van der Waals surface area contributed by atoms with Crippen LogP contribution in [0.3, 0.4) is 0 Å². The van der Waals surface area contributed by atoms with Gasteiger partial charge in [-0.3, -0.25) is 9.69 Å². The standard InChI is InChI=1S/C27H35BF2N4O5/c1-16-4-6-17(7-5-16)10-20(28(37)38)32-24(36)39-15-27-21-19(22(21)27)13-34(27)23(35)18(12-31)11-25(2,3)33-9-8-26(29,30)14-33/h4-7,18-22,37-38H,8-11,13-15H2,1-3H3,(H,32,36)/t18?,19?,20-,21+,22?,27?/m0/s1. The number of carbonyl (C=O) groups is 2. The first-order valence-corrected chi connectivity index (χ1v) is 13.5. The van der Waals surface area contributed by atoms with Crippen LogP contribution in [0.4, 0.5) is 13.6 Å². The van der Waals surface area contributed by atoms with Crippen molar-refractivity contribution >= 4 is 19.1 Å². The number of fused-ring (bicyclic) bond motifs is 1. The molecule has 210 valence electrons. The van der Waals surface area contributed by atoms with Crippen LogP contribution in [0.15, 0.2) is 24.3 Å². The van der Waals surface area contributed by atoms with E-state index in [9.17, 15) is 33.7 Å². The van der Waals surface area contributed by atoms with E-state index in [1.165, 1.54) is 0 Å². The second-order valence-electron chi connectivity index (χ2n) is 12.3. The average Bonchev–Trinajstić information content (AvgIpc) is 3.60. The van der Waals surface area contributed by atoms with Gasteiger partial charge in [-0.25, -0.2) is 13.6 Å². The summed E-state index contributed by atoms with van der Waals surface area (Å²) in [6.45, 7) is 5.78. The maximum atomic E-state index is 13.8. The summed E-state index contributed by atoms with van der Waals surface area (Å²) in [5.74, 6) is -4.31. The van der Waals surface area contributed by atoms with Gasteiger partial charge in [0.25, 0.3) is 5.92 Å². The molecule has 0 spiro atoms. The number of amides is 2. The lowest BCUT2D eigenvalue weighted by Gasteiger charge is -2.38. The molecule has 2 bridgehead atoms. The van der Waals surface area contributed by atoms with E-state index in [0.29, 0.717) is 12.5 Å². The zero-order chi connectivity index (χ0) is 28.3. The van der Waals surface area contributed by atoms with Crippen LogP contribution < -0.4 is 5.32 Å². The molecule has 3 saturated heterocycles. The van der Waals surface area contributed by atoms with Gasteiger partial charge in [0.05, 0.1) is 24.1 Å². The molecular formula is C27H35BF2N4O5. The number of halogens is 2. The van der Waals surface area contributed by atoms with E-state index in [4.69, 9.17) is 4.74 Å². The first-order chi connectivity index (χ1) is 18.3. The summed E-state index contributed by atoms with van der Waals surface area (Å²) in [7, 11) is -1.80. The summed E-state index contributed by atoms with van der Waals surface area (Å²) < 4.78 is 33.1. The van der Waals surface area contributed by atoms with Crippen LogP contribution in [0.2, 0.25) is 0 Å². The highest BCUT2D eigenvalue weighted by molar-refractivity contribution is 6.43. The van der Waals surface area contributed by atoms with Crippen LogP contribution in [-0.2, 0) is 16.0 Å². The van der Waals surface area contributed by atoms with Crippen molar-refractivity contribution in [3.63, 3.8) is 0 Å². The van der Waals surface area contributed by atoms with Crippen LogP contribution in [-0.4, -0.2) is 88.1 Å². The first kappa shape index (κ1) is 27.8. The topological polar surface area (TPSA) is 126 Å². The number of aryl methyl sites for hydroxylation is 1.